The molecule has 1 rings (SSSR count). The van der Waals surface area contributed by atoms with Crippen LogP contribution in [0, 0.1) is 17.1 Å². The molecule has 0 amide bonds. The van der Waals surface area contributed by atoms with Crippen molar-refractivity contribution in [1.29, 1.82) is 5.26 Å². The van der Waals surface area contributed by atoms with E-state index in [0.29, 0.717) is 0 Å². The number of carboxylic acids is 1. The van der Waals surface area contributed by atoms with E-state index in [-0.39, 0.29) is 12.0 Å². The van der Waals surface area contributed by atoms with E-state index < -0.39 is 17.7 Å². The zero-order chi connectivity index (χ0) is 10.6. The number of nitrogens with zero attached hydrogens (tertiary/aromatic N) is 1. The Labute approximate surface area is 80.4 Å². The van der Waals surface area contributed by atoms with Crippen LogP contribution in [0.1, 0.15) is 17.9 Å². The molecule has 0 heterocycles. The van der Waals surface area contributed by atoms with Crippen molar-refractivity contribution in [1.82, 2.24) is 0 Å². The number of carbonyl (C=O) groups is 1. The number of halogens is 1. The minimum Gasteiger partial charge on any atom is -0.481 e. The molecule has 3 nitrogen and oxygen atoms in total. The van der Waals surface area contributed by atoms with Crippen LogP contribution in [0.5, 0.6) is 0 Å². The van der Waals surface area contributed by atoms with Crippen molar-refractivity contribution >= 4 is 5.97 Å². The number of carboxylic acid groups (broad SMARTS) is 1. The van der Waals surface area contributed by atoms with E-state index in [4.69, 9.17) is 10.4 Å². The van der Waals surface area contributed by atoms with E-state index in [1.165, 1.54) is 18.2 Å². The molecule has 0 fully saturated rings. The van der Waals surface area contributed by atoms with Crippen molar-refractivity contribution in [2.24, 2.45) is 0 Å². The minimum absolute atomic E-state index is 0.136. The van der Waals surface area contributed by atoms with E-state index in [0.717, 1.165) is 0 Å². The minimum atomic E-state index is -1.11. The summed E-state index contributed by atoms with van der Waals surface area (Å²) in [7, 11) is 0. The first-order valence-electron chi connectivity index (χ1n) is 4.01. The van der Waals surface area contributed by atoms with Crippen LogP contribution in [0.4, 0.5) is 4.39 Å². The van der Waals surface area contributed by atoms with E-state index in [1.807, 2.05) is 0 Å². The molecular formula is C10H8FNO2. The third-order valence-electron chi connectivity index (χ3n) is 1.82. The third kappa shape index (κ3) is 2.30. The number of aliphatic carboxylic acids is 1. The normalized spacial score (nSPS) is 11.7. The van der Waals surface area contributed by atoms with Crippen molar-refractivity contribution < 1.29 is 14.3 Å². The van der Waals surface area contributed by atoms with Gasteiger partial charge in [0.25, 0.3) is 0 Å². The molecule has 1 aromatic rings. The second kappa shape index (κ2) is 4.38. The van der Waals surface area contributed by atoms with Crippen molar-refractivity contribution in [3.8, 4) is 6.07 Å². The maximum absolute atomic E-state index is 13.1. The summed E-state index contributed by atoms with van der Waals surface area (Å²) in [6, 6.07) is 7.47. The Bertz CT molecular complexity index is 384. The van der Waals surface area contributed by atoms with E-state index in [1.54, 1.807) is 12.1 Å². The highest BCUT2D eigenvalue weighted by Crippen LogP contribution is 2.21. The average Bonchev–Trinajstić information content (AvgIpc) is 2.15. The first kappa shape index (κ1) is 10.2. The molecule has 0 bridgehead atoms. The number of benzene rings is 1. The second-order valence-electron chi connectivity index (χ2n) is 2.80. The van der Waals surface area contributed by atoms with Crippen molar-refractivity contribution in [2.75, 3.05) is 0 Å². The first-order chi connectivity index (χ1) is 6.65. The Morgan fingerprint density at radius 2 is 2.21 bits per heavy atom. The summed E-state index contributed by atoms with van der Waals surface area (Å²) in [5.41, 5.74) is 0.136. The quantitative estimate of drug-likeness (QED) is 0.797. The highest BCUT2D eigenvalue weighted by molar-refractivity contribution is 5.68. The van der Waals surface area contributed by atoms with E-state index >= 15 is 0 Å². The molecule has 4 heteroatoms. The van der Waals surface area contributed by atoms with Gasteiger partial charge in [-0.1, -0.05) is 18.2 Å². The van der Waals surface area contributed by atoms with Crippen molar-refractivity contribution in [3.63, 3.8) is 0 Å². The Kier molecular flexibility index (Phi) is 3.19. The van der Waals surface area contributed by atoms with Gasteiger partial charge >= 0.3 is 5.97 Å². The summed E-state index contributed by atoms with van der Waals surface area (Å²) >= 11 is 0. The summed E-state index contributed by atoms with van der Waals surface area (Å²) in [4.78, 5) is 10.4. The zero-order valence-electron chi connectivity index (χ0n) is 7.27. The largest absolute Gasteiger partial charge is 0.481 e. The first-order valence-corrected chi connectivity index (χ1v) is 4.01. The van der Waals surface area contributed by atoms with Crippen LogP contribution in [0.3, 0.4) is 0 Å². The van der Waals surface area contributed by atoms with Gasteiger partial charge in [-0.05, 0) is 6.07 Å². The van der Waals surface area contributed by atoms with Gasteiger partial charge in [-0.2, -0.15) is 5.26 Å². The summed E-state index contributed by atoms with van der Waals surface area (Å²) < 4.78 is 13.1. The van der Waals surface area contributed by atoms with Gasteiger partial charge in [0.1, 0.15) is 5.82 Å². The van der Waals surface area contributed by atoms with Crippen LogP contribution in [-0.2, 0) is 4.79 Å². The molecule has 0 aliphatic heterocycles. The lowest BCUT2D eigenvalue weighted by atomic mass is 9.97. The Balaban J connectivity index is 2.96. The number of rotatable bonds is 3. The van der Waals surface area contributed by atoms with Crippen LogP contribution in [-0.4, -0.2) is 11.1 Å². The summed E-state index contributed by atoms with van der Waals surface area (Å²) in [6.07, 6.45) is -0.378. The van der Waals surface area contributed by atoms with E-state index in [2.05, 4.69) is 0 Å². The van der Waals surface area contributed by atoms with Gasteiger partial charge in [-0.3, -0.25) is 4.79 Å². The lowest BCUT2D eigenvalue weighted by Crippen LogP contribution is -2.06. The van der Waals surface area contributed by atoms with Crippen LogP contribution < -0.4 is 0 Å². The molecule has 72 valence electrons. The SMILES string of the molecule is N#CC(CC(=O)O)c1ccccc1F. The highest BCUT2D eigenvalue weighted by atomic mass is 19.1. The predicted octanol–water partition coefficient (Wildman–Crippen LogP) is 1.91. The molecule has 1 N–H and O–H groups in total. The topological polar surface area (TPSA) is 61.1 Å². The number of nitriles is 1. The monoisotopic (exact) mass is 193 g/mol. The van der Waals surface area contributed by atoms with Gasteiger partial charge in [0.2, 0.25) is 0 Å². The Morgan fingerprint density at radius 1 is 1.57 bits per heavy atom. The summed E-state index contributed by atoms with van der Waals surface area (Å²) in [5, 5.41) is 17.2. The Hall–Kier alpha value is -1.89. The fourth-order valence-electron chi connectivity index (χ4n) is 1.16. The number of hydrogen-bond acceptors (Lipinski definition) is 2. The van der Waals surface area contributed by atoms with Crippen molar-refractivity contribution in [2.45, 2.75) is 12.3 Å². The summed E-state index contributed by atoms with van der Waals surface area (Å²) in [6.45, 7) is 0. The Morgan fingerprint density at radius 3 is 2.71 bits per heavy atom. The molecule has 0 aliphatic carbocycles. The van der Waals surface area contributed by atoms with Crippen LogP contribution in [0.2, 0.25) is 0 Å². The summed E-state index contributed by atoms with van der Waals surface area (Å²) in [5.74, 6) is -2.58. The highest BCUT2D eigenvalue weighted by Gasteiger charge is 2.17. The molecule has 0 aliphatic rings. The molecular weight excluding hydrogens is 185 g/mol. The van der Waals surface area contributed by atoms with Crippen LogP contribution >= 0.6 is 0 Å². The molecule has 0 saturated heterocycles. The van der Waals surface area contributed by atoms with Crippen LogP contribution in [0.25, 0.3) is 0 Å². The van der Waals surface area contributed by atoms with Gasteiger partial charge in [0, 0.05) is 5.56 Å². The van der Waals surface area contributed by atoms with Gasteiger partial charge in [-0.15, -0.1) is 0 Å². The van der Waals surface area contributed by atoms with Gasteiger partial charge < -0.3 is 5.11 Å². The molecule has 0 saturated carbocycles. The number of hydrogen-bond donors (Lipinski definition) is 1. The lowest BCUT2D eigenvalue weighted by molar-refractivity contribution is -0.137. The molecule has 0 aromatic heterocycles. The zero-order valence-corrected chi connectivity index (χ0v) is 7.27. The molecule has 0 radical (unpaired) electrons. The maximum Gasteiger partial charge on any atom is 0.305 e. The fourth-order valence-corrected chi connectivity index (χ4v) is 1.16. The van der Waals surface area contributed by atoms with Gasteiger partial charge in [0.05, 0.1) is 18.4 Å². The smallest absolute Gasteiger partial charge is 0.305 e. The standard InChI is InChI=1S/C10H8FNO2/c11-9-4-2-1-3-8(9)7(6-12)5-10(13)14/h1-4,7H,5H2,(H,13,14). The van der Waals surface area contributed by atoms with Gasteiger partial charge in [-0.25, -0.2) is 4.39 Å². The molecule has 1 atom stereocenters. The van der Waals surface area contributed by atoms with E-state index in [9.17, 15) is 9.18 Å². The van der Waals surface area contributed by atoms with Gasteiger partial charge in [0.15, 0.2) is 0 Å². The molecule has 14 heavy (non-hydrogen) atoms. The molecule has 1 aromatic carbocycles. The predicted molar refractivity (Wildman–Crippen MR) is 47.0 cm³/mol. The third-order valence-corrected chi connectivity index (χ3v) is 1.82. The fraction of sp³-hybridized carbons (Fsp3) is 0.200. The lowest BCUT2D eigenvalue weighted by Gasteiger charge is -2.06. The molecule has 0 spiro atoms. The molecule has 1 unspecified atom stereocenters. The maximum atomic E-state index is 13.1. The second-order valence-corrected chi connectivity index (χ2v) is 2.80. The average molecular weight is 193 g/mol. The van der Waals surface area contributed by atoms with Crippen molar-refractivity contribution in [3.05, 3.63) is 35.6 Å². The van der Waals surface area contributed by atoms with Crippen LogP contribution in [0.15, 0.2) is 24.3 Å².